The molecule has 0 saturated heterocycles. The molecule has 2 aromatic rings. The van der Waals surface area contributed by atoms with Crippen molar-refractivity contribution in [3.8, 4) is 11.5 Å². The molecule has 4 N–H and O–H groups in total. The minimum Gasteiger partial charge on any atom is -0.508 e. The predicted molar refractivity (Wildman–Crippen MR) is 129 cm³/mol. The summed E-state index contributed by atoms with van der Waals surface area (Å²) in [5.74, 6) is 0.111. The lowest BCUT2D eigenvalue weighted by molar-refractivity contribution is -0.121. The maximum absolute atomic E-state index is 11.9. The molecule has 0 aliphatic rings. The topological polar surface area (TPSA) is 123 Å². The first-order valence-electron chi connectivity index (χ1n) is 11.1. The van der Waals surface area contributed by atoms with Gasteiger partial charge in [0, 0.05) is 12.8 Å². The zero-order chi connectivity index (χ0) is 24.1. The fraction of sp³-hybridized carbons (Fsp3) is 0.360. The van der Waals surface area contributed by atoms with Crippen LogP contribution in [0.25, 0.3) is 0 Å². The Kier molecular flexibility index (Phi) is 10.6. The number of aromatic hydroxyl groups is 2. The highest BCUT2D eigenvalue weighted by Crippen LogP contribution is 2.11. The van der Waals surface area contributed by atoms with Gasteiger partial charge in [-0.2, -0.15) is 10.2 Å². The molecule has 0 saturated carbocycles. The van der Waals surface area contributed by atoms with Gasteiger partial charge in [0.1, 0.15) is 11.5 Å². The van der Waals surface area contributed by atoms with Crippen LogP contribution in [0.5, 0.6) is 11.5 Å². The summed E-state index contributed by atoms with van der Waals surface area (Å²) in [5.41, 5.74) is 8.12. The smallest absolute Gasteiger partial charge is 0.240 e. The standard InChI is InChI=1S/C25H32N4O4/c1-18(20-10-14-22(30)15-11-20)26-28-24(32)8-6-4-3-5-7-9-25(33)29-27-19(2)21-12-16-23(31)17-13-21/h10-17,30-31H,3-9H2,1-2H3,(H,28,32)(H,29,33)/b26-18-,27-19-. The van der Waals surface area contributed by atoms with Gasteiger partial charge in [-0.25, -0.2) is 10.9 Å². The number of benzene rings is 2. The summed E-state index contributed by atoms with van der Waals surface area (Å²) in [6.45, 7) is 3.59. The maximum atomic E-state index is 11.9. The van der Waals surface area contributed by atoms with E-state index in [1.165, 1.54) is 0 Å². The van der Waals surface area contributed by atoms with Gasteiger partial charge in [0.05, 0.1) is 11.4 Å². The van der Waals surface area contributed by atoms with E-state index in [1.54, 1.807) is 62.4 Å². The lowest BCUT2D eigenvalue weighted by Crippen LogP contribution is -2.19. The number of carbonyl (C=O) groups excluding carboxylic acids is 2. The number of phenolic OH excluding ortho intramolecular Hbond substituents is 2. The first kappa shape index (κ1) is 25.6. The Balaban J connectivity index is 1.53. The summed E-state index contributed by atoms with van der Waals surface area (Å²) in [6, 6.07) is 13.3. The molecule has 0 fully saturated rings. The van der Waals surface area contributed by atoms with Crippen molar-refractivity contribution in [3.63, 3.8) is 0 Å². The van der Waals surface area contributed by atoms with Crippen LogP contribution in [-0.4, -0.2) is 33.5 Å². The SMILES string of the molecule is C/C(=N/NC(=O)CCCCCCCC(=O)N/N=C(/C)c1ccc(O)cc1)c1ccc(O)cc1. The molecule has 8 nitrogen and oxygen atoms in total. The van der Waals surface area contributed by atoms with Crippen LogP contribution in [0.2, 0.25) is 0 Å². The second-order valence-corrected chi connectivity index (χ2v) is 7.83. The first-order chi connectivity index (χ1) is 15.8. The molecule has 0 unspecified atom stereocenters. The minimum atomic E-state index is -0.130. The average molecular weight is 453 g/mol. The molecule has 0 aliphatic carbocycles. The average Bonchev–Trinajstić information content (AvgIpc) is 2.81. The number of amides is 2. The first-order valence-corrected chi connectivity index (χ1v) is 11.1. The number of nitrogens with zero attached hydrogens (tertiary/aromatic N) is 2. The van der Waals surface area contributed by atoms with Gasteiger partial charge in [0.15, 0.2) is 0 Å². The molecule has 2 aromatic carbocycles. The second-order valence-electron chi connectivity index (χ2n) is 7.83. The molecule has 0 bridgehead atoms. The van der Waals surface area contributed by atoms with Crippen LogP contribution >= 0.6 is 0 Å². The molecule has 2 amide bonds. The van der Waals surface area contributed by atoms with E-state index in [9.17, 15) is 19.8 Å². The molecule has 0 atom stereocenters. The molecule has 0 aliphatic heterocycles. The molecular weight excluding hydrogens is 420 g/mol. The largest absolute Gasteiger partial charge is 0.508 e. The van der Waals surface area contributed by atoms with E-state index in [-0.39, 0.29) is 23.3 Å². The number of hydrogen-bond acceptors (Lipinski definition) is 6. The Morgan fingerprint density at radius 3 is 1.33 bits per heavy atom. The number of carbonyl (C=O) groups is 2. The van der Waals surface area contributed by atoms with Crippen LogP contribution in [0.4, 0.5) is 0 Å². The summed E-state index contributed by atoms with van der Waals surface area (Å²) < 4.78 is 0. The summed E-state index contributed by atoms with van der Waals surface area (Å²) in [6.07, 6.45) is 5.10. The molecule has 0 radical (unpaired) electrons. The molecule has 0 spiro atoms. The number of unbranched alkanes of at least 4 members (excludes halogenated alkanes) is 4. The normalized spacial score (nSPS) is 11.8. The van der Waals surface area contributed by atoms with Crippen LogP contribution in [0, 0.1) is 0 Å². The van der Waals surface area contributed by atoms with E-state index < -0.39 is 0 Å². The van der Waals surface area contributed by atoms with Gasteiger partial charge in [-0.15, -0.1) is 0 Å². The molecular formula is C25H32N4O4. The van der Waals surface area contributed by atoms with E-state index >= 15 is 0 Å². The zero-order valence-corrected chi connectivity index (χ0v) is 19.2. The second kappa shape index (κ2) is 13.7. The fourth-order valence-electron chi connectivity index (χ4n) is 3.04. The fourth-order valence-corrected chi connectivity index (χ4v) is 3.04. The molecule has 176 valence electrons. The molecule has 8 heteroatoms. The lowest BCUT2D eigenvalue weighted by Gasteiger charge is -2.04. The van der Waals surface area contributed by atoms with Gasteiger partial charge in [-0.3, -0.25) is 9.59 Å². The van der Waals surface area contributed by atoms with E-state index in [1.807, 2.05) is 0 Å². The summed E-state index contributed by atoms with van der Waals surface area (Å²) in [5, 5.41) is 26.8. The lowest BCUT2D eigenvalue weighted by atomic mass is 10.1. The number of rotatable bonds is 12. The Morgan fingerprint density at radius 1 is 0.636 bits per heavy atom. The van der Waals surface area contributed by atoms with E-state index in [0.717, 1.165) is 43.2 Å². The van der Waals surface area contributed by atoms with E-state index in [4.69, 9.17) is 0 Å². The highest BCUT2D eigenvalue weighted by molar-refractivity contribution is 5.99. The van der Waals surface area contributed by atoms with Gasteiger partial charge in [0.2, 0.25) is 11.8 Å². The maximum Gasteiger partial charge on any atom is 0.240 e. The number of hydrogen-bond donors (Lipinski definition) is 4. The Hall–Kier alpha value is -3.68. The van der Waals surface area contributed by atoms with Gasteiger partial charge in [-0.1, -0.05) is 19.3 Å². The monoisotopic (exact) mass is 452 g/mol. The third kappa shape index (κ3) is 9.99. The highest BCUT2D eigenvalue weighted by Gasteiger charge is 2.04. The van der Waals surface area contributed by atoms with Crippen molar-refractivity contribution < 1.29 is 19.8 Å². The number of nitrogens with one attached hydrogen (secondary N) is 2. The van der Waals surface area contributed by atoms with Crippen LogP contribution in [0.3, 0.4) is 0 Å². The van der Waals surface area contributed by atoms with Crippen molar-refractivity contribution >= 4 is 23.2 Å². The molecule has 2 rings (SSSR count). The quantitative estimate of drug-likeness (QED) is 0.219. The van der Waals surface area contributed by atoms with Crippen molar-refractivity contribution in [3.05, 3.63) is 59.7 Å². The minimum absolute atomic E-state index is 0.130. The van der Waals surface area contributed by atoms with Crippen LogP contribution in [-0.2, 0) is 9.59 Å². The van der Waals surface area contributed by atoms with Gasteiger partial charge in [-0.05, 0) is 86.3 Å². The number of hydrazone groups is 2. The zero-order valence-electron chi connectivity index (χ0n) is 19.2. The van der Waals surface area contributed by atoms with Crippen LogP contribution in [0.15, 0.2) is 58.7 Å². The van der Waals surface area contributed by atoms with Crippen molar-refractivity contribution in [2.45, 2.75) is 58.8 Å². The van der Waals surface area contributed by atoms with Crippen LogP contribution in [0.1, 0.15) is 69.9 Å². The Labute approximate surface area is 194 Å². The third-order valence-corrected chi connectivity index (χ3v) is 5.07. The molecule has 0 aromatic heterocycles. The molecule has 0 heterocycles. The third-order valence-electron chi connectivity index (χ3n) is 5.07. The summed E-state index contributed by atoms with van der Waals surface area (Å²) >= 11 is 0. The highest BCUT2D eigenvalue weighted by atomic mass is 16.3. The van der Waals surface area contributed by atoms with Crippen molar-refractivity contribution in [1.82, 2.24) is 10.9 Å². The van der Waals surface area contributed by atoms with Gasteiger partial charge < -0.3 is 10.2 Å². The molecule has 33 heavy (non-hydrogen) atoms. The Bertz CT molecular complexity index is 887. The van der Waals surface area contributed by atoms with Crippen molar-refractivity contribution in [2.75, 3.05) is 0 Å². The van der Waals surface area contributed by atoms with Crippen LogP contribution < -0.4 is 10.9 Å². The van der Waals surface area contributed by atoms with Gasteiger partial charge >= 0.3 is 0 Å². The number of phenols is 2. The summed E-state index contributed by atoms with van der Waals surface area (Å²) in [4.78, 5) is 23.8. The van der Waals surface area contributed by atoms with E-state index in [0.29, 0.717) is 24.3 Å². The predicted octanol–water partition coefficient (Wildman–Crippen LogP) is 4.21. The van der Waals surface area contributed by atoms with Crippen molar-refractivity contribution in [1.29, 1.82) is 0 Å². The summed E-state index contributed by atoms with van der Waals surface area (Å²) in [7, 11) is 0. The van der Waals surface area contributed by atoms with Gasteiger partial charge in [0.25, 0.3) is 0 Å². The van der Waals surface area contributed by atoms with E-state index in [2.05, 4.69) is 21.1 Å². The Morgan fingerprint density at radius 2 is 0.970 bits per heavy atom. The van der Waals surface area contributed by atoms with Crippen molar-refractivity contribution in [2.24, 2.45) is 10.2 Å².